The number of pyridine rings is 1. The Morgan fingerprint density at radius 3 is 2.96 bits per heavy atom. The molecule has 1 spiro atoms. The number of nitrogens with zero attached hydrogens (tertiary/aromatic N) is 2. The molecule has 2 saturated heterocycles. The van der Waals surface area contributed by atoms with Gasteiger partial charge in [-0.3, -0.25) is 9.78 Å². The summed E-state index contributed by atoms with van der Waals surface area (Å²) in [6.45, 7) is 4.49. The smallest absolute Gasteiger partial charge is 0.254 e. The lowest BCUT2D eigenvalue weighted by Gasteiger charge is -2.53. The van der Waals surface area contributed by atoms with Crippen molar-refractivity contribution in [3.63, 3.8) is 0 Å². The first-order chi connectivity index (χ1) is 12.6. The van der Waals surface area contributed by atoms with Crippen molar-refractivity contribution in [3.05, 3.63) is 65.5 Å². The molecule has 2 aromatic rings. The monoisotopic (exact) mass is 352 g/mol. The fraction of sp³-hybridized carbons (Fsp3) is 0.429. The third-order valence-electron chi connectivity index (χ3n) is 5.15. The molecule has 136 valence electrons. The second-order valence-electron chi connectivity index (χ2n) is 7.31. The molecule has 5 nitrogen and oxygen atoms in total. The Bertz CT molecular complexity index is 772. The van der Waals surface area contributed by atoms with Gasteiger partial charge in [0.15, 0.2) is 0 Å². The molecule has 4 rings (SSSR count). The predicted molar refractivity (Wildman–Crippen MR) is 97.8 cm³/mol. The maximum absolute atomic E-state index is 12.6. The van der Waals surface area contributed by atoms with E-state index in [4.69, 9.17) is 9.47 Å². The largest absolute Gasteiger partial charge is 0.372 e. The molecule has 2 aliphatic heterocycles. The summed E-state index contributed by atoms with van der Waals surface area (Å²) < 4.78 is 12.1. The summed E-state index contributed by atoms with van der Waals surface area (Å²) in [7, 11) is 0. The highest BCUT2D eigenvalue weighted by Gasteiger charge is 2.49. The summed E-state index contributed by atoms with van der Waals surface area (Å²) in [5.74, 6) is 0.0828. The van der Waals surface area contributed by atoms with Crippen LogP contribution in [0.25, 0.3) is 0 Å². The molecule has 5 heteroatoms. The van der Waals surface area contributed by atoms with E-state index in [-0.39, 0.29) is 17.6 Å². The fourth-order valence-electron chi connectivity index (χ4n) is 3.79. The Morgan fingerprint density at radius 2 is 2.19 bits per heavy atom. The zero-order valence-corrected chi connectivity index (χ0v) is 15.1. The van der Waals surface area contributed by atoms with Crippen molar-refractivity contribution < 1.29 is 14.3 Å². The highest BCUT2D eigenvalue weighted by Crippen LogP contribution is 2.36. The van der Waals surface area contributed by atoms with Gasteiger partial charge in [0.2, 0.25) is 0 Å². The van der Waals surface area contributed by atoms with Crippen molar-refractivity contribution in [1.29, 1.82) is 0 Å². The molecule has 1 unspecified atom stereocenters. The second-order valence-corrected chi connectivity index (χ2v) is 7.31. The summed E-state index contributed by atoms with van der Waals surface area (Å²) in [6, 6.07) is 13.6. The third-order valence-corrected chi connectivity index (χ3v) is 5.15. The number of aromatic nitrogens is 1. The number of likely N-dealkylation sites (tertiary alicyclic amines) is 1. The number of hydrogen-bond donors (Lipinski definition) is 0. The van der Waals surface area contributed by atoms with E-state index in [2.05, 4.69) is 4.98 Å². The van der Waals surface area contributed by atoms with E-state index in [0.717, 1.165) is 29.7 Å². The molecule has 26 heavy (non-hydrogen) atoms. The summed E-state index contributed by atoms with van der Waals surface area (Å²) in [5.41, 5.74) is 2.55. The fourth-order valence-corrected chi connectivity index (χ4v) is 3.79. The summed E-state index contributed by atoms with van der Waals surface area (Å²) in [6.07, 6.45) is 3.66. The summed E-state index contributed by atoms with van der Waals surface area (Å²) in [4.78, 5) is 18.8. The predicted octanol–water partition coefficient (Wildman–Crippen LogP) is 2.98. The number of benzene rings is 1. The van der Waals surface area contributed by atoms with Crippen molar-refractivity contribution in [2.75, 3.05) is 19.7 Å². The van der Waals surface area contributed by atoms with E-state index in [9.17, 15) is 4.79 Å². The van der Waals surface area contributed by atoms with Crippen LogP contribution in [0.3, 0.4) is 0 Å². The van der Waals surface area contributed by atoms with E-state index in [1.807, 2.05) is 54.3 Å². The van der Waals surface area contributed by atoms with Crippen LogP contribution in [0, 0.1) is 6.92 Å². The number of aryl methyl sites for hydroxylation is 1. The topological polar surface area (TPSA) is 51.7 Å². The van der Waals surface area contributed by atoms with Gasteiger partial charge in [-0.05, 0) is 37.6 Å². The highest BCUT2D eigenvalue weighted by molar-refractivity contribution is 5.95. The lowest BCUT2D eigenvalue weighted by Crippen LogP contribution is -2.67. The Labute approximate surface area is 153 Å². The standard InChI is InChI=1S/C21H24N2O3/c1-16-5-4-6-17(11-16)20(24)23-14-21(15-23)12-19(8-10-26-21)25-13-18-7-2-3-9-22-18/h2-7,9,11,19H,8,10,12-15H2,1H3. The van der Waals surface area contributed by atoms with Gasteiger partial charge < -0.3 is 14.4 Å². The SMILES string of the molecule is Cc1cccc(C(=O)N2CC3(CC(OCc4ccccn4)CCO3)C2)c1. The van der Waals surface area contributed by atoms with Crippen LogP contribution in [0.4, 0.5) is 0 Å². The van der Waals surface area contributed by atoms with E-state index in [1.54, 1.807) is 6.20 Å². The summed E-state index contributed by atoms with van der Waals surface area (Å²) in [5, 5.41) is 0. The van der Waals surface area contributed by atoms with Crippen molar-refractivity contribution in [1.82, 2.24) is 9.88 Å². The number of amides is 1. The molecule has 1 amide bonds. The highest BCUT2D eigenvalue weighted by atomic mass is 16.5. The Balaban J connectivity index is 1.32. The van der Waals surface area contributed by atoms with Crippen LogP contribution < -0.4 is 0 Å². The lowest BCUT2D eigenvalue weighted by molar-refractivity contribution is -0.188. The van der Waals surface area contributed by atoms with Gasteiger partial charge in [-0.15, -0.1) is 0 Å². The first kappa shape index (κ1) is 17.2. The molecule has 0 radical (unpaired) electrons. The van der Waals surface area contributed by atoms with Gasteiger partial charge in [-0.2, -0.15) is 0 Å². The minimum absolute atomic E-state index is 0.0828. The van der Waals surface area contributed by atoms with Crippen LogP contribution in [0.1, 0.15) is 34.5 Å². The van der Waals surface area contributed by atoms with E-state index >= 15 is 0 Å². The molecule has 1 aromatic carbocycles. The van der Waals surface area contributed by atoms with E-state index in [1.165, 1.54) is 0 Å². The Morgan fingerprint density at radius 1 is 1.31 bits per heavy atom. The zero-order chi connectivity index (χ0) is 18.0. The van der Waals surface area contributed by atoms with Gasteiger partial charge >= 0.3 is 0 Å². The molecule has 0 saturated carbocycles. The molecule has 2 aliphatic rings. The van der Waals surface area contributed by atoms with Crippen LogP contribution in [-0.4, -0.2) is 47.2 Å². The van der Waals surface area contributed by atoms with Gasteiger partial charge in [0.05, 0.1) is 31.5 Å². The Kier molecular flexibility index (Phi) is 4.74. The second kappa shape index (κ2) is 7.17. The third kappa shape index (κ3) is 3.64. The number of rotatable bonds is 4. The van der Waals surface area contributed by atoms with Crippen LogP contribution in [-0.2, 0) is 16.1 Å². The minimum atomic E-state index is -0.244. The molecule has 3 heterocycles. The molecule has 0 aliphatic carbocycles. The van der Waals surface area contributed by atoms with Gasteiger partial charge in [0.1, 0.15) is 5.60 Å². The Hall–Kier alpha value is -2.24. The van der Waals surface area contributed by atoms with Gasteiger partial charge in [0.25, 0.3) is 5.91 Å². The van der Waals surface area contributed by atoms with Crippen molar-refractivity contribution in [2.24, 2.45) is 0 Å². The zero-order valence-electron chi connectivity index (χ0n) is 15.1. The van der Waals surface area contributed by atoms with Crippen molar-refractivity contribution in [3.8, 4) is 0 Å². The molecule has 1 atom stereocenters. The van der Waals surface area contributed by atoms with Crippen molar-refractivity contribution >= 4 is 5.91 Å². The number of ether oxygens (including phenoxy) is 2. The van der Waals surface area contributed by atoms with Gasteiger partial charge in [-0.1, -0.05) is 23.8 Å². The first-order valence-electron chi connectivity index (χ1n) is 9.15. The van der Waals surface area contributed by atoms with Gasteiger partial charge in [-0.25, -0.2) is 0 Å². The maximum Gasteiger partial charge on any atom is 0.254 e. The van der Waals surface area contributed by atoms with Crippen LogP contribution >= 0.6 is 0 Å². The molecule has 1 aromatic heterocycles. The average Bonchev–Trinajstić information content (AvgIpc) is 2.65. The first-order valence-corrected chi connectivity index (χ1v) is 9.15. The number of hydrogen-bond acceptors (Lipinski definition) is 4. The van der Waals surface area contributed by atoms with E-state index in [0.29, 0.717) is 26.3 Å². The minimum Gasteiger partial charge on any atom is -0.372 e. The number of carbonyl (C=O) groups is 1. The molecule has 0 N–H and O–H groups in total. The van der Waals surface area contributed by atoms with Crippen LogP contribution in [0.5, 0.6) is 0 Å². The number of carbonyl (C=O) groups excluding carboxylic acids is 1. The quantitative estimate of drug-likeness (QED) is 0.849. The molecular formula is C21H24N2O3. The summed E-state index contributed by atoms with van der Waals surface area (Å²) >= 11 is 0. The molecule has 2 fully saturated rings. The van der Waals surface area contributed by atoms with Gasteiger partial charge in [0, 0.05) is 24.8 Å². The van der Waals surface area contributed by atoms with Crippen LogP contribution in [0.15, 0.2) is 48.7 Å². The van der Waals surface area contributed by atoms with Crippen LogP contribution in [0.2, 0.25) is 0 Å². The molecule has 0 bridgehead atoms. The lowest BCUT2D eigenvalue weighted by atomic mass is 9.84. The van der Waals surface area contributed by atoms with E-state index < -0.39 is 0 Å². The molecular weight excluding hydrogens is 328 g/mol. The average molecular weight is 352 g/mol. The van der Waals surface area contributed by atoms with Crippen molar-refractivity contribution in [2.45, 2.75) is 38.1 Å². The normalized spacial score (nSPS) is 21.4. The maximum atomic E-state index is 12.6.